The molecule has 2 unspecified atom stereocenters. The molecule has 1 saturated heterocycles. The Balaban J connectivity index is 1.64. The van der Waals surface area contributed by atoms with Gasteiger partial charge in [-0.15, -0.1) is 0 Å². The zero-order chi connectivity index (χ0) is 16.0. The number of nitrogens with zero attached hydrogens (tertiary/aromatic N) is 1. The van der Waals surface area contributed by atoms with E-state index in [1.807, 2.05) is 19.9 Å². The van der Waals surface area contributed by atoms with Crippen molar-refractivity contribution in [3.05, 3.63) is 24.2 Å². The van der Waals surface area contributed by atoms with Gasteiger partial charge in [-0.2, -0.15) is 12.7 Å². The van der Waals surface area contributed by atoms with E-state index in [2.05, 4.69) is 4.72 Å². The number of hydrogen-bond donors (Lipinski definition) is 1. The summed E-state index contributed by atoms with van der Waals surface area (Å²) in [6.45, 7) is 5.74. The molecule has 0 bridgehead atoms. The Morgan fingerprint density at radius 3 is 2.73 bits per heavy atom. The van der Waals surface area contributed by atoms with Crippen LogP contribution in [0.25, 0.3) is 0 Å². The monoisotopic (exact) mass is 332 g/mol. The highest BCUT2D eigenvalue weighted by molar-refractivity contribution is 7.87. The molecule has 1 aliphatic heterocycles. The predicted molar refractivity (Wildman–Crippen MR) is 81.5 cm³/mol. The summed E-state index contributed by atoms with van der Waals surface area (Å²) in [5, 5.41) is 0. The van der Waals surface area contributed by atoms with Gasteiger partial charge in [0, 0.05) is 26.2 Å². The molecule has 0 aromatic carbocycles. The Morgan fingerprint density at radius 1 is 1.36 bits per heavy atom. The van der Waals surface area contributed by atoms with E-state index < -0.39 is 10.2 Å². The van der Waals surface area contributed by atoms with Gasteiger partial charge in [-0.05, 0) is 32.4 Å². The van der Waals surface area contributed by atoms with Crippen molar-refractivity contribution in [3.63, 3.8) is 0 Å². The second kappa shape index (κ2) is 8.07. The van der Waals surface area contributed by atoms with Gasteiger partial charge in [0.05, 0.1) is 18.5 Å². The van der Waals surface area contributed by atoms with E-state index in [4.69, 9.17) is 13.9 Å². The molecule has 22 heavy (non-hydrogen) atoms. The third-order valence-electron chi connectivity index (χ3n) is 3.30. The minimum absolute atomic E-state index is 0.0862. The van der Waals surface area contributed by atoms with Crippen LogP contribution in [-0.2, 0) is 26.3 Å². The molecule has 0 saturated carbocycles. The van der Waals surface area contributed by atoms with Gasteiger partial charge in [-0.25, -0.2) is 4.72 Å². The molecule has 0 spiro atoms. The molecule has 1 fully saturated rings. The van der Waals surface area contributed by atoms with Crippen molar-refractivity contribution in [3.8, 4) is 0 Å². The van der Waals surface area contributed by atoms with Crippen LogP contribution in [0.4, 0.5) is 0 Å². The summed E-state index contributed by atoms with van der Waals surface area (Å²) in [6, 6.07) is 3.64. The molecule has 0 radical (unpaired) electrons. The molecule has 2 heterocycles. The summed E-state index contributed by atoms with van der Waals surface area (Å²) in [7, 11) is -3.45. The fraction of sp³-hybridized carbons (Fsp3) is 0.714. The Hall–Kier alpha value is -0.930. The SMILES string of the molecule is CC1CN(S(=O)(=O)NCCCOCc2ccco2)CC(C)O1. The highest BCUT2D eigenvalue weighted by atomic mass is 32.2. The van der Waals surface area contributed by atoms with E-state index in [1.54, 1.807) is 12.3 Å². The van der Waals surface area contributed by atoms with Crippen molar-refractivity contribution >= 4 is 10.2 Å². The molecule has 1 aliphatic rings. The number of ether oxygens (including phenoxy) is 2. The van der Waals surface area contributed by atoms with E-state index in [0.29, 0.717) is 39.3 Å². The minimum atomic E-state index is -3.45. The molecule has 8 heteroatoms. The smallest absolute Gasteiger partial charge is 0.279 e. The lowest BCUT2D eigenvalue weighted by molar-refractivity contribution is -0.0444. The van der Waals surface area contributed by atoms with E-state index in [0.717, 1.165) is 5.76 Å². The van der Waals surface area contributed by atoms with Crippen molar-refractivity contribution < 1.29 is 22.3 Å². The number of morpholine rings is 1. The van der Waals surface area contributed by atoms with Crippen LogP contribution in [0.5, 0.6) is 0 Å². The summed E-state index contributed by atoms with van der Waals surface area (Å²) in [5.41, 5.74) is 0. The number of hydrogen-bond acceptors (Lipinski definition) is 5. The molecular weight excluding hydrogens is 308 g/mol. The first kappa shape index (κ1) is 17.4. The second-order valence-electron chi connectivity index (χ2n) is 5.46. The average Bonchev–Trinajstić information content (AvgIpc) is 2.95. The van der Waals surface area contributed by atoms with Crippen LogP contribution < -0.4 is 4.72 Å². The minimum Gasteiger partial charge on any atom is -0.467 e. The maximum atomic E-state index is 12.2. The van der Waals surface area contributed by atoms with Crippen molar-refractivity contribution in [2.45, 2.75) is 39.1 Å². The van der Waals surface area contributed by atoms with Crippen LogP contribution in [-0.4, -0.2) is 51.2 Å². The van der Waals surface area contributed by atoms with Crippen molar-refractivity contribution in [1.29, 1.82) is 0 Å². The van der Waals surface area contributed by atoms with E-state index in [9.17, 15) is 8.42 Å². The van der Waals surface area contributed by atoms with Gasteiger partial charge in [0.2, 0.25) is 0 Å². The van der Waals surface area contributed by atoms with Crippen molar-refractivity contribution in [2.24, 2.45) is 0 Å². The van der Waals surface area contributed by atoms with Gasteiger partial charge in [-0.1, -0.05) is 0 Å². The van der Waals surface area contributed by atoms with Crippen LogP contribution in [0.1, 0.15) is 26.0 Å². The van der Waals surface area contributed by atoms with E-state index in [-0.39, 0.29) is 12.2 Å². The maximum Gasteiger partial charge on any atom is 0.279 e. The fourth-order valence-corrected chi connectivity index (χ4v) is 3.76. The van der Waals surface area contributed by atoms with Crippen LogP contribution in [0.3, 0.4) is 0 Å². The maximum absolute atomic E-state index is 12.2. The van der Waals surface area contributed by atoms with E-state index in [1.165, 1.54) is 4.31 Å². The largest absolute Gasteiger partial charge is 0.467 e. The van der Waals surface area contributed by atoms with Gasteiger partial charge in [0.15, 0.2) is 0 Å². The highest BCUT2D eigenvalue weighted by Gasteiger charge is 2.30. The molecule has 0 amide bonds. The molecule has 7 nitrogen and oxygen atoms in total. The first-order valence-electron chi connectivity index (χ1n) is 7.47. The Morgan fingerprint density at radius 2 is 2.09 bits per heavy atom. The summed E-state index contributed by atoms with van der Waals surface area (Å²) >= 11 is 0. The van der Waals surface area contributed by atoms with Gasteiger partial charge >= 0.3 is 0 Å². The zero-order valence-electron chi connectivity index (χ0n) is 13.0. The normalized spacial score (nSPS) is 23.7. The second-order valence-corrected chi connectivity index (χ2v) is 7.21. The first-order valence-corrected chi connectivity index (χ1v) is 8.91. The molecule has 0 aliphatic carbocycles. The predicted octanol–water partition coefficient (Wildman–Crippen LogP) is 1.13. The molecule has 2 atom stereocenters. The molecule has 2 rings (SSSR count). The summed E-state index contributed by atoms with van der Waals surface area (Å²) in [4.78, 5) is 0. The van der Waals surface area contributed by atoms with Gasteiger partial charge in [0.1, 0.15) is 12.4 Å². The number of furan rings is 1. The van der Waals surface area contributed by atoms with Crippen LogP contribution in [0.15, 0.2) is 22.8 Å². The lowest BCUT2D eigenvalue weighted by Crippen LogP contribution is -2.52. The van der Waals surface area contributed by atoms with Crippen molar-refractivity contribution in [1.82, 2.24) is 9.03 Å². The van der Waals surface area contributed by atoms with Gasteiger partial charge in [0.25, 0.3) is 10.2 Å². The lowest BCUT2D eigenvalue weighted by atomic mass is 10.3. The Bertz CT molecular complexity index is 521. The molecule has 1 N–H and O–H groups in total. The Kier molecular flexibility index (Phi) is 6.39. The standard InChI is InChI=1S/C14H24N2O5S/c1-12-9-16(10-13(2)21-12)22(17,18)15-6-4-7-19-11-14-5-3-8-20-14/h3,5,8,12-13,15H,4,6-7,9-11H2,1-2H3. The molecular formula is C14H24N2O5S. The fourth-order valence-electron chi connectivity index (χ4n) is 2.36. The summed E-state index contributed by atoms with van der Waals surface area (Å²) < 4.78 is 44.5. The van der Waals surface area contributed by atoms with E-state index >= 15 is 0 Å². The topological polar surface area (TPSA) is 81.0 Å². The summed E-state index contributed by atoms with van der Waals surface area (Å²) in [5.74, 6) is 0.761. The third kappa shape index (κ3) is 5.36. The number of rotatable bonds is 8. The first-order chi connectivity index (χ1) is 10.5. The molecule has 1 aromatic heterocycles. The average molecular weight is 332 g/mol. The van der Waals surface area contributed by atoms with Crippen molar-refractivity contribution in [2.75, 3.05) is 26.2 Å². The lowest BCUT2D eigenvalue weighted by Gasteiger charge is -2.34. The highest BCUT2D eigenvalue weighted by Crippen LogP contribution is 2.13. The molecule has 1 aromatic rings. The molecule has 126 valence electrons. The Labute approximate surface area is 131 Å². The van der Waals surface area contributed by atoms with Gasteiger partial charge < -0.3 is 13.9 Å². The zero-order valence-corrected chi connectivity index (χ0v) is 13.8. The quantitative estimate of drug-likeness (QED) is 0.722. The summed E-state index contributed by atoms with van der Waals surface area (Å²) in [6.07, 6.45) is 2.03. The van der Waals surface area contributed by atoms with Crippen LogP contribution >= 0.6 is 0 Å². The van der Waals surface area contributed by atoms with Gasteiger partial charge in [-0.3, -0.25) is 0 Å². The number of nitrogens with one attached hydrogen (secondary N) is 1. The van der Waals surface area contributed by atoms with Crippen LogP contribution in [0, 0.1) is 0 Å². The van der Waals surface area contributed by atoms with Crippen LogP contribution in [0.2, 0.25) is 0 Å². The third-order valence-corrected chi connectivity index (χ3v) is 4.85.